The number of nitrogens with zero attached hydrogens (tertiary/aromatic N) is 1. The molecule has 1 rings (SSSR count). The van der Waals surface area contributed by atoms with Gasteiger partial charge in [0.05, 0.1) is 10.6 Å². The molecule has 6 nitrogen and oxygen atoms in total. The second kappa shape index (κ2) is 5.13. The van der Waals surface area contributed by atoms with Crippen molar-refractivity contribution in [3.05, 3.63) is 30.3 Å². The molecule has 0 aliphatic rings. The Morgan fingerprint density at radius 2 is 1.65 bits per heavy atom. The fraction of sp³-hybridized carbons (Fsp3) is 0.333. The molecule has 0 saturated heterocycles. The molecule has 8 heteroatoms. The SMILES string of the molecule is CCS(=O)(=O)NN(C)S(=O)(=O)c1ccccc1. The normalized spacial score (nSPS) is 12.9. The highest BCUT2D eigenvalue weighted by atomic mass is 32.2. The summed E-state index contributed by atoms with van der Waals surface area (Å²) in [5.74, 6) is -0.193. The summed E-state index contributed by atoms with van der Waals surface area (Å²) in [6.07, 6.45) is 0. The van der Waals surface area contributed by atoms with E-state index in [1.54, 1.807) is 18.2 Å². The van der Waals surface area contributed by atoms with E-state index in [4.69, 9.17) is 0 Å². The number of benzene rings is 1. The molecule has 0 aromatic heterocycles. The van der Waals surface area contributed by atoms with E-state index in [0.29, 0.717) is 4.41 Å². The van der Waals surface area contributed by atoms with E-state index in [-0.39, 0.29) is 10.6 Å². The van der Waals surface area contributed by atoms with Crippen molar-refractivity contribution in [1.82, 2.24) is 9.25 Å². The largest absolute Gasteiger partial charge is 0.256 e. The number of sulfonamides is 2. The minimum atomic E-state index is -3.84. The highest BCUT2D eigenvalue weighted by molar-refractivity contribution is 7.92. The summed E-state index contributed by atoms with van der Waals surface area (Å²) < 4.78 is 47.0. The molecule has 0 radical (unpaired) electrons. The molecule has 1 aromatic rings. The molecule has 0 amide bonds. The third-order valence-electron chi connectivity index (χ3n) is 2.05. The molecule has 0 spiro atoms. The van der Waals surface area contributed by atoms with Crippen LogP contribution in [0.3, 0.4) is 0 Å². The van der Waals surface area contributed by atoms with Gasteiger partial charge in [0.25, 0.3) is 10.0 Å². The average molecular weight is 278 g/mol. The first-order valence-electron chi connectivity index (χ1n) is 4.83. The van der Waals surface area contributed by atoms with Crippen LogP contribution in [0.4, 0.5) is 0 Å². The molecule has 0 bridgehead atoms. The van der Waals surface area contributed by atoms with Crippen LogP contribution in [-0.4, -0.2) is 34.1 Å². The predicted octanol–water partition coefficient (Wildman–Crippen LogP) is 0.161. The molecular formula is C9H14N2O4S2. The zero-order valence-electron chi connectivity index (χ0n) is 9.49. The van der Waals surface area contributed by atoms with Gasteiger partial charge in [0.15, 0.2) is 0 Å². The monoisotopic (exact) mass is 278 g/mol. The molecule has 96 valence electrons. The van der Waals surface area contributed by atoms with Crippen LogP contribution in [0.25, 0.3) is 0 Å². The van der Waals surface area contributed by atoms with Gasteiger partial charge in [0.1, 0.15) is 0 Å². The van der Waals surface area contributed by atoms with Crippen LogP contribution in [0, 0.1) is 0 Å². The van der Waals surface area contributed by atoms with Gasteiger partial charge < -0.3 is 0 Å². The third kappa shape index (κ3) is 3.50. The quantitative estimate of drug-likeness (QED) is 0.778. The van der Waals surface area contributed by atoms with E-state index in [2.05, 4.69) is 0 Å². The van der Waals surface area contributed by atoms with Gasteiger partial charge in [-0.3, -0.25) is 0 Å². The summed E-state index contributed by atoms with van der Waals surface area (Å²) in [5, 5.41) is 0. The second-order valence-corrected chi connectivity index (χ2v) is 7.24. The lowest BCUT2D eigenvalue weighted by atomic mass is 10.4. The van der Waals surface area contributed by atoms with E-state index >= 15 is 0 Å². The lowest BCUT2D eigenvalue weighted by molar-refractivity contribution is 0.432. The summed E-state index contributed by atoms with van der Waals surface area (Å²) in [6.45, 7) is 1.42. The Morgan fingerprint density at radius 1 is 1.12 bits per heavy atom. The van der Waals surface area contributed by atoms with Crippen molar-refractivity contribution < 1.29 is 16.8 Å². The van der Waals surface area contributed by atoms with Crippen LogP contribution in [0.2, 0.25) is 0 Å². The van der Waals surface area contributed by atoms with E-state index < -0.39 is 20.0 Å². The third-order valence-corrected chi connectivity index (χ3v) is 5.16. The summed E-state index contributed by atoms with van der Waals surface area (Å²) in [4.78, 5) is 1.99. The summed E-state index contributed by atoms with van der Waals surface area (Å²) in [5.41, 5.74) is 0. The minimum Gasteiger partial charge on any atom is -0.211 e. The maximum Gasteiger partial charge on any atom is 0.256 e. The van der Waals surface area contributed by atoms with Gasteiger partial charge in [-0.2, -0.15) is 0 Å². The lowest BCUT2D eigenvalue weighted by Crippen LogP contribution is -2.43. The van der Waals surface area contributed by atoms with Crippen molar-refractivity contribution in [2.45, 2.75) is 11.8 Å². The Labute approximate surface area is 101 Å². The molecule has 0 aliphatic heterocycles. The van der Waals surface area contributed by atoms with Crippen molar-refractivity contribution in [3.63, 3.8) is 0 Å². The highest BCUT2D eigenvalue weighted by Crippen LogP contribution is 2.11. The summed E-state index contributed by atoms with van der Waals surface area (Å²) >= 11 is 0. The standard InChI is InChI=1S/C9H14N2O4S2/c1-3-16(12,13)10-11(2)17(14,15)9-7-5-4-6-8-9/h4-8,10H,3H2,1-2H3. The first kappa shape index (κ1) is 14.1. The second-order valence-electron chi connectivity index (χ2n) is 3.28. The Hall–Kier alpha value is -0.960. The lowest BCUT2D eigenvalue weighted by Gasteiger charge is -2.17. The van der Waals surface area contributed by atoms with Gasteiger partial charge in [0, 0.05) is 7.05 Å². The van der Waals surface area contributed by atoms with Gasteiger partial charge in [-0.15, -0.1) is 9.25 Å². The Kier molecular flexibility index (Phi) is 4.26. The number of hydrazine groups is 1. The number of hydrogen-bond acceptors (Lipinski definition) is 4. The Bertz CT molecular complexity index is 566. The maximum absolute atomic E-state index is 11.9. The van der Waals surface area contributed by atoms with Crippen LogP contribution < -0.4 is 4.83 Å². The fourth-order valence-electron chi connectivity index (χ4n) is 1.06. The van der Waals surface area contributed by atoms with Gasteiger partial charge in [-0.1, -0.05) is 18.2 Å². The molecule has 0 saturated carbocycles. The molecule has 17 heavy (non-hydrogen) atoms. The molecule has 0 aliphatic carbocycles. The fourth-order valence-corrected chi connectivity index (χ4v) is 3.13. The molecule has 0 fully saturated rings. The van der Waals surface area contributed by atoms with Crippen LogP contribution >= 0.6 is 0 Å². The van der Waals surface area contributed by atoms with Crippen molar-refractivity contribution in [1.29, 1.82) is 0 Å². The Balaban J connectivity index is 3.01. The van der Waals surface area contributed by atoms with Crippen LogP contribution in [0.1, 0.15) is 6.92 Å². The van der Waals surface area contributed by atoms with E-state index in [1.807, 2.05) is 4.83 Å². The summed E-state index contributed by atoms with van der Waals surface area (Å²) in [6, 6.07) is 7.59. The molecule has 0 unspecified atom stereocenters. The van der Waals surface area contributed by atoms with Crippen LogP contribution in [0.5, 0.6) is 0 Å². The van der Waals surface area contributed by atoms with E-state index in [1.165, 1.54) is 19.1 Å². The average Bonchev–Trinajstić information content (AvgIpc) is 2.29. The zero-order chi connectivity index (χ0) is 13.1. The van der Waals surface area contributed by atoms with E-state index in [0.717, 1.165) is 7.05 Å². The minimum absolute atomic E-state index is 0.0290. The Morgan fingerprint density at radius 3 is 2.12 bits per heavy atom. The first-order chi connectivity index (χ1) is 7.79. The van der Waals surface area contributed by atoms with Gasteiger partial charge in [0.2, 0.25) is 10.0 Å². The zero-order valence-corrected chi connectivity index (χ0v) is 11.1. The van der Waals surface area contributed by atoms with Crippen molar-refractivity contribution in [2.75, 3.05) is 12.8 Å². The van der Waals surface area contributed by atoms with Gasteiger partial charge >= 0.3 is 0 Å². The molecular weight excluding hydrogens is 264 g/mol. The molecule has 0 atom stereocenters. The number of rotatable bonds is 5. The van der Waals surface area contributed by atoms with E-state index in [9.17, 15) is 16.8 Å². The smallest absolute Gasteiger partial charge is 0.211 e. The van der Waals surface area contributed by atoms with Gasteiger partial charge in [-0.25, -0.2) is 16.8 Å². The first-order valence-corrected chi connectivity index (χ1v) is 7.93. The number of nitrogens with one attached hydrogen (secondary N) is 1. The van der Waals surface area contributed by atoms with Crippen molar-refractivity contribution in [3.8, 4) is 0 Å². The number of hydrogen-bond donors (Lipinski definition) is 1. The van der Waals surface area contributed by atoms with Crippen LogP contribution in [0.15, 0.2) is 35.2 Å². The predicted molar refractivity (Wildman–Crippen MR) is 64.0 cm³/mol. The highest BCUT2D eigenvalue weighted by Gasteiger charge is 2.23. The summed E-state index contributed by atoms with van der Waals surface area (Å²) in [7, 11) is -6.30. The molecule has 0 heterocycles. The van der Waals surface area contributed by atoms with Crippen molar-refractivity contribution >= 4 is 20.0 Å². The van der Waals surface area contributed by atoms with Crippen molar-refractivity contribution in [2.24, 2.45) is 0 Å². The van der Waals surface area contributed by atoms with Gasteiger partial charge in [-0.05, 0) is 19.1 Å². The molecule has 1 aromatic carbocycles. The maximum atomic E-state index is 11.9. The molecule has 1 N–H and O–H groups in total. The topological polar surface area (TPSA) is 83.6 Å². The van der Waals surface area contributed by atoms with Crippen LogP contribution in [-0.2, 0) is 20.0 Å².